The number of carbonyl (C=O) groups is 1. The quantitative estimate of drug-likeness (QED) is 0.913. The van der Waals surface area contributed by atoms with E-state index >= 15 is 0 Å². The highest BCUT2D eigenvalue weighted by Gasteiger charge is 2.05. The van der Waals surface area contributed by atoms with Gasteiger partial charge in [0.05, 0.1) is 0 Å². The predicted molar refractivity (Wildman–Crippen MR) is 83.6 cm³/mol. The molecular formula is C17H20N2O2. The molecule has 0 aliphatic rings. The topological polar surface area (TPSA) is 51.2 Å². The Morgan fingerprint density at radius 3 is 2.52 bits per heavy atom. The molecule has 2 rings (SSSR count). The molecule has 110 valence electrons. The Labute approximate surface area is 125 Å². The van der Waals surface area contributed by atoms with E-state index in [2.05, 4.69) is 24.1 Å². The number of carbonyl (C=O) groups excluding carboxylic acids is 1. The van der Waals surface area contributed by atoms with Crippen LogP contribution in [0.3, 0.4) is 0 Å². The molecule has 1 aromatic carbocycles. The van der Waals surface area contributed by atoms with Gasteiger partial charge in [0.2, 0.25) is 0 Å². The van der Waals surface area contributed by atoms with Crippen LogP contribution in [0.4, 0.5) is 5.82 Å². The third-order valence-corrected chi connectivity index (χ3v) is 3.07. The molecular weight excluding hydrogens is 264 g/mol. The smallest absolute Gasteiger partial charge is 0.263 e. The van der Waals surface area contributed by atoms with Gasteiger partial charge in [0.1, 0.15) is 11.6 Å². The molecule has 0 spiro atoms. The summed E-state index contributed by atoms with van der Waals surface area (Å²) in [5.74, 6) is 1.49. The molecule has 0 atom stereocenters. The van der Waals surface area contributed by atoms with Crippen molar-refractivity contribution in [1.29, 1.82) is 0 Å². The van der Waals surface area contributed by atoms with Gasteiger partial charge in [-0.3, -0.25) is 4.79 Å². The average Bonchev–Trinajstić information content (AvgIpc) is 2.45. The molecule has 0 unspecified atom stereocenters. The van der Waals surface area contributed by atoms with Crippen LogP contribution in [0, 0.1) is 6.92 Å². The maximum atomic E-state index is 11.8. The second kappa shape index (κ2) is 6.88. The molecule has 0 radical (unpaired) electrons. The summed E-state index contributed by atoms with van der Waals surface area (Å²) in [5, 5.41) is 2.71. The van der Waals surface area contributed by atoms with Gasteiger partial charge in [-0.2, -0.15) is 0 Å². The first-order chi connectivity index (χ1) is 10.0. The Kier molecular flexibility index (Phi) is 4.93. The zero-order chi connectivity index (χ0) is 15.2. The van der Waals surface area contributed by atoms with Crippen molar-refractivity contribution in [3.05, 3.63) is 53.7 Å². The number of nitrogens with zero attached hydrogens (tertiary/aromatic N) is 1. The zero-order valence-electron chi connectivity index (χ0n) is 12.6. The number of amides is 1. The van der Waals surface area contributed by atoms with Gasteiger partial charge in [0, 0.05) is 5.69 Å². The fourth-order valence-electron chi connectivity index (χ4n) is 1.89. The number of aromatic nitrogens is 1. The van der Waals surface area contributed by atoms with Gasteiger partial charge in [0.15, 0.2) is 6.61 Å². The molecule has 0 aliphatic heterocycles. The van der Waals surface area contributed by atoms with Crippen molar-refractivity contribution in [3.63, 3.8) is 0 Å². The zero-order valence-corrected chi connectivity index (χ0v) is 12.6. The fourth-order valence-corrected chi connectivity index (χ4v) is 1.89. The third kappa shape index (κ3) is 4.60. The van der Waals surface area contributed by atoms with E-state index < -0.39 is 0 Å². The molecule has 0 bridgehead atoms. The number of anilines is 1. The molecule has 0 aliphatic carbocycles. The minimum atomic E-state index is -0.221. The Balaban J connectivity index is 1.86. The third-order valence-electron chi connectivity index (χ3n) is 3.07. The van der Waals surface area contributed by atoms with Crippen molar-refractivity contribution < 1.29 is 9.53 Å². The number of pyridine rings is 1. The van der Waals surface area contributed by atoms with E-state index in [4.69, 9.17) is 4.74 Å². The lowest BCUT2D eigenvalue weighted by Gasteiger charge is -2.09. The summed E-state index contributed by atoms with van der Waals surface area (Å²) in [7, 11) is 0. The van der Waals surface area contributed by atoms with Crippen LogP contribution in [-0.2, 0) is 4.79 Å². The van der Waals surface area contributed by atoms with Crippen LogP contribution < -0.4 is 10.1 Å². The van der Waals surface area contributed by atoms with E-state index in [1.165, 1.54) is 5.56 Å². The second-order valence-corrected chi connectivity index (χ2v) is 5.22. The maximum absolute atomic E-state index is 11.8. The van der Waals surface area contributed by atoms with Gasteiger partial charge in [0.25, 0.3) is 5.91 Å². The molecule has 2 aromatic rings. The summed E-state index contributed by atoms with van der Waals surface area (Å²) >= 11 is 0. The van der Waals surface area contributed by atoms with E-state index in [9.17, 15) is 4.79 Å². The highest BCUT2D eigenvalue weighted by molar-refractivity contribution is 5.90. The SMILES string of the molecule is Cc1cccc(NC(=O)COc2ccc(C(C)C)cc2)n1. The van der Waals surface area contributed by atoms with Crippen molar-refractivity contribution >= 4 is 11.7 Å². The lowest BCUT2D eigenvalue weighted by molar-refractivity contribution is -0.118. The van der Waals surface area contributed by atoms with E-state index in [1.807, 2.05) is 43.3 Å². The van der Waals surface area contributed by atoms with Crippen LogP contribution in [-0.4, -0.2) is 17.5 Å². The summed E-state index contributed by atoms with van der Waals surface area (Å²) in [6, 6.07) is 13.3. The van der Waals surface area contributed by atoms with E-state index in [0.29, 0.717) is 17.5 Å². The number of hydrogen-bond donors (Lipinski definition) is 1. The lowest BCUT2D eigenvalue weighted by atomic mass is 10.0. The Bertz CT molecular complexity index is 606. The number of benzene rings is 1. The highest BCUT2D eigenvalue weighted by atomic mass is 16.5. The minimum Gasteiger partial charge on any atom is -0.484 e. The van der Waals surface area contributed by atoms with Gasteiger partial charge < -0.3 is 10.1 Å². The van der Waals surface area contributed by atoms with Gasteiger partial charge in [-0.1, -0.05) is 32.0 Å². The van der Waals surface area contributed by atoms with Crippen LogP contribution in [0.15, 0.2) is 42.5 Å². The van der Waals surface area contributed by atoms with Crippen LogP contribution in [0.5, 0.6) is 5.75 Å². The molecule has 4 heteroatoms. The van der Waals surface area contributed by atoms with Gasteiger partial charge in [-0.05, 0) is 42.7 Å². The molecule has 1 N–H and O–H groups in total. The second-order valence-electron chi connectivity index (χ2n) is 5.22. The molecule has 1 heterocycles. The molecule has 0 saturated carbocycles. The van der Waals surface area contributed by atoms with Crippen LogP contribution >= 0.6 is 0 Å². The summed E-state index contributed by atoms with van der Waals surface area (Å²) in [6.45, 7) is 6.12. The van der Waals surface area contributed by atoms with Crippen molar-refractivity contribution in [2.24, 2.45) is 0 Å². The molecule has 0 fully saturated rings. The predicted octanol–water partition coefficient (Wildman–Crippen LogP) is 3.53. The number of rotatable bonds is 5. The molecule has 0 saturated heterocycles. The standard InChI is InChI=1S/C17H20N2O2/c1-12(2)14-7-9-15(10-8-14)21-11-17(20)19-16-6-4-5-13(3)18-16/h4-10,12H,11H2,1-3H3,(H,18,19,20). The van der Waals surface area contributed by atoms with Gasteiger partial charge >= 0.3 is 0 Å². The number of ether oxygens (including phenoxy) is 1. The van der Waals surface area contributed by atoms with E-state index in [0.717, 1.165) is 5.69 Å². The summed E-state index contributed by atoms with van der Waals surface area (Å²) in [6.07, 6.45) is 0. The first-order valence-electron chi connectivity index (χ1n) is 7.01. The molecule has 1 aromatic heterocycles. The van der Waals surface area contributed by atoms with E-state index in [1.54, 1.807) is 6.07 Å². The molecule has 1 amide bonds. The van der Waals surface area contributed by atoms with E-state index in [-0.39, 0.29) is 12.5 Å². The van der Waals surface area contributed by atoms with Crippen molar-refractivity contribution in [3.8, 4) is 5.75 Å². The summed E-state index contributed by atoms with van der Waals surface area (Å²) in [5.41, 5.74) is 2.11. The number of aryl methyl sites for hydroxylation is 1. The van der Waals surface area contributed by atoms with Crippen LogP contribution in [0.2, 0.25) is 0 Å². The van der Waals surface area contributed by atoms with Gasteiger partial charge in [-0.25, -0.2) is 4.98 Å². The Hall–Kier alpha value is -2.36. The number of nitrogens with one attached hydrogen (secondary N) is 1. The lowest BCUT2D eigenvalue weighted by Crippen LogP contribution is -2.20. The number of hydrogen-bond acceptors (Lipinski definition) is 3. The van der Waals surface area contributed by atoms with Crippen molar-refractivity contribution in [2.75, 3.05) is 11.9 Å². The summed E-state index contributed by atoms with van der Waals surface area (Å²) in [4.78, 5) is 16.0. The normalized spacial score (nSPS) is 10.5. The molecule has 4 nitrogen and oxygen atoms in total. The van der Waals surface area contributed by atoms with Crippen molar-refractivity contribution in [1.82, 2.24) is 4.98 Å². The largest absolute Gasteiger partial charge is 0.484 e. The Morgan fingerprint density at radius 2 is 1.90 bits per heavy atom. The first-order valence-corrected chi connectivity index (χ1v) is 7.01. The van der Waals surface area contributed by atoms with Crippen molar-refractivity contribution in [2.45, 2.75) is 26.7 Å². The fraction of sp³-hybridized carbons (Fsp3) is 0.294. The monoisotopic (exact) mass is 284 g/mol. The van der Waals surface area contributed by atoms with Gasteiger partial charge in [-0.15, -0.1) is 0 Å². The minimum absolute atomic E-state index is 0.0311. The van der Waals surface area contributed by atoms with Crippen LogP contribution in [0.1, 0.15) is 31.0 Å². The molecule has 21 heavy (non-hydrogen) atoms. The first kappa shape index (κ1) is 15.0. The average molecular weight is 284 g/mol. The highest BCUT2D eigenvalue weighted by Crippen LogP contribution is 2.18. The van der Waals surface area contributed by atoms with Crippen LogP contribution in [0.25, 0.3) is 0 Å². The Morgan fingerprint density at radius 1 is 1.19 bits per heavy atom. The summed E-state index contributed by atoms with van der Waals surface area (Å²) < 4.78 is 5.47. The maximum Gasteiger partial charge on any atom is 0.263 e.